The van der Waals surface area contributed by atoms with Crippen LogP contribution < -0.4 is 5.32 Å². The summed E-state index contributed by atoms with van der Waals surface area (Å²) < 4.78 is 0. The molecule has 0 saturated carbocycles. The Morgan fingerprint density at radius 1 is 1.07 bits per heavy atom. The van der Waals surface area contributed by atoms with Crippen LogP contribution in [0.3, 0.4) is 0 Å². The van der Waals surface area contributed by atoms with E-state index in [1.807, 2.05) is 0 Å². The number of hydrogen-bond donors (Lipinski definition) is 1. The Bertz CT molecular complexity index is 607. The lowest BCUT2D eigenvalue weighted by atomic mass is 9.98. The number of amides is 1. The van der Waals surface area contributed by atoms with Crippen LogP contribution in [0.4, 0.5) is 0 Å². The first-order chi connectivity index (χ1) is 13.0. The molecule has 27 heavy (non-hydrogen) atoms. The highest BCUT2D eigenvalue weighted by Crippen LogP contribution is 2.21. The van der Waals surface area contributed by atoms with E-state index < -0.39 is 0 Å². The molecule has 4 heteroatoms. The van der Waals surface area contributed by atoms with Crippen molar-refractivity contribution in [3.05, 3.63) is 35.4 Å². The van der Waals surface area contributed by atoms with Crippen LogP contribution in [0, 0.1) is 5.92 Å². The van der Waals surface area contributed by atoms with Crippen LogP contribution in [-0.4, -0.2) is 47.4 Å². The van der Waals surface area contributed by atoms with Crippen LogP contribution in [0.5, 0.6) is 0 Å². The summed E-state index contributed by atoms with van der Waals surface area (Å²) >= 11 is 0. The van der Waals surface area contributed by atoms with Crippen LogP contribution in [0.1, 0.15) is 64.0 Å². The van der Waals surface area contributed by atoms with Crippen molar-refractivity contribution in [1.82, 2.24) is 15.1 Å². The Hall–Kier alpha value is -1.39. The van der Waals surface area contributed by atoms with Gasteiger partial charge in [0.25, 0.3) is 0 Å². The lowest BCUT2D eigenvalue weighted by Crippen LogP contribution is -2.51. The predicted octanol–water partition coefficient (Wildman–Crippen LogP) is 3.80. The number of rotatable bonds is 6. The van der Waals surface area contributed by atoms with Gasteiger partial charge in [-0.1, -0.05) is 37.6 Å². The van der Waals surface area contributed by atoms with Crippen molar-refractivity contribution in [2.24, 2.45) is 5.92 Å². The van der Waals surface area contributed by atoms with Gasteiger partial charge in [-0.2, -0.15) is 0 Å². The van der Waals surface area contributed by atoms with E-state index in [0.717, 1.165) is 31.8 Å². The summed E-state index contributed by atoms with van der Waals surface area (Å²) in [6.45, 7) is 11.8. The van der Waals surface area contributed by atoms with Gasteiger partial charge in [-0.3, -0.25) is 14.6 Å². The van der Waals surface area contributed by atoms with E-state index in [2.05, 4.69) is 60.2 Å². The monoisotopic (exact) mass is 371 g/mol. The normalized spacial score (nSPS) is 22.9. The molecular formula is C23H37N3O. The van der Waals surface area contributed by atoms with E-state index in [1.165, 1.54) is 43.5 Å². The number of nitrogens with zero attached hydrogens (tertiary/aromatic N) is 2. The van der Waals surface area contributed by atoms with Gasteiger partial charge >= 0.3 is 0 Å². The molecular weight excluding hydrogens is 334 g/mol. The van der Waals surface area contributed by atoms with Gasteiger partial charge in [-0.05, 0) is 76.2 Å². The second-order valence-corrected chi connectivity index (χ2v) is 8.79. The molecule has 1 unspecified atom stereocenters. The quantitative estimate of drug-likeness (QED) is 0.826. The molecule has 0 aromatic heterocycles. The van der Waals surface area contributed by atoms with Crippen molar-refractivity contribution in [3.63, 3.8) is 0 Å². The van der Waals surface area contributed by atoms with Gasteiger partial charge in [0.1, 0.15) is 0 Å². The van der Waals surface area contributed by atoms with Crippen molar-refractivity contribution >= 4 is 5.91 Å². The Kier molecular flexibility index (Phi) is 7.31. The molecule has 0 radical (unpaired) electrons. The van der Waals surface area contributed by atoms with Crippen LogP contribution in [0.2, 0.25) is 0 Å². The number of likely N-dealkylation sites (tertiary alicyclic amines) is 2. The van der Waals surface area contributed by atoms with Crippen molar-refractivity contribution in [2.45, 2.75) is 78.0 Å². The summed E-state index contributed by atoms with van der Waals surface area (Å²) in [5.74, 6) is 1.06. The molecule has 2 saturated heterocycles. The summed E-state index contributed by atoms with van der Waals surface area (Å²) in [5.41, 5.74) is 2.62. The zero-order valence-corrected chi connectivity index (χ0v) is 17.4. The van der Waals surface area contributed by atoms with Gasteiger partial charge in [0.05, 0.1) is 6.04 Å². The molecule has 0 spiro atoms. The number of piperidine rings is 2. The molecule has 0 bridgehead atoms. The Balaban J connectivity index is 1.58. The molecule has 2 aliphatic heterocycles. The second-order valence-electron chi connectivity index (χ2n) is 8.79. The Labute approximate surface area is 165 Å². The molecule has 1 N–H and O–H groups in total. The Morgan fingerprint density at radius 2 is 1.78 bits per heavy atom. The summed E-state index contributed by atoms with van der Waals surface area (Å²) in [7, 11) is 0. The minimum absolute atomic E-state index is 0.0366. The molecule has 2 fully saturated rings. The van der Waals surface area contributed by atoms with Gasteiger partial charge in [0.15, 0.2) is 0 Å². The van der Waals surface area contributed by atoms with E-state index in [0.29, 0.717) is 12.6 Å². The second kappa shape index (κ2) is 9.70. The SMILES string of the molecule is CC1CCN(Cc2ccccc2CNC(=O)C2CCCCN2C(C)C)CC1. The number of benzene rings is 1. The lowest BCUT2D eigenvalue weighted by Gasteiger charge is -2.37. The van der Waals surface area contributed by atoms with E-state index >= 15 is 0 Å². The van der Waals surface area contributed by atoms with E-state index in [1.54, 1.807) is 0 Å². The molecule has 150 valence electrons. The maximum atomic E-state index is 12.9. The highest BCUT2D eigenvalue weighted by atomic mass is 16.2. The summed E-state index contributed by atoms with van der Waals surface area (Å²) in [5, 5.41) is 3.24. The zero-order chi connectivity index (χ0) is 19.2. The third-order valence-electron chi connectivity index (χ3n) is 6.35. The molecule has 1 aromatic rings. The third-order valence-corrected chi connectivity index (χ3v) is 6.35. The standard InChI is InChI=1S/C23H37N3O/c1-18(2)26-13-7-6-10-22(26)23(27)24-16-20-8-4-5-9-21(20)17-25-14-11-19(3)12-15-25/h4-5,8-9,18-19,22H,6-7,10-17H2,1-3H3,(H,24,27). The average Bonchev–Trinajstić information content (AvgIpc) is 2.68. The first-order valence-electron chi connectivity index (χ1n) is 10.9. The molecule has 1 atom stereocenters. The average molecular weight is 372 g/mol. The van der Waals surface area contributed by atoms with Crippen LogP contribution in [0.25, 0.3) is 0 Å². The van der Waals surface area contributed by atoms with E-state index in [4.69, 9.17) is 0 Å². The van der Waals surface area contributed by atoms with Crippen LogP contribution >= 0.6 is 0 Å². The number of carbonyl (C=O) groups is 1. The molecule has 4 nitrogen and oxygen atoms in total. The summed E-state index contributed by atoms with van der Waals surface area (Å²) in [4.78, 5) is 17.8. The highest BCUT2D eigenvalue weighted by molar-refractivity contribution is 5.81. The summed E-state index contributed by atoms with van der Waals surface area (Å²) in [6, 6.07) is 9.06. The summed E-state index contributed by atoms with van der Waals surface area (Å²) in [6.07, 6.45) is 5.94. The van der Waals surface area contributed by atoms with Crippen molar-refractivity contribution < 1.29 is 4.79 Å². The van der Waals surface area contributed by atoms with Gasteiger partial charge in [-0.25, -0.2) is 0 Å². The fourth-order valence-electron chi connectivity index (χ4n) is 4.50. The van der Waals surface area contributed by atoms with Crippen molar-refractivity contribution in [2.75, 3.05) is 19.6 Å². The molecule has 0 aliphatic carbocycles. The van der Waals surface area contributed by atoms with Gasteiger partial charge < -0.3 is 5.32 Å². The van der Waals surface area contributed by atoms with Gasteiger partial charge in [0.2, 0.25) is 5.91 Å². The number of carbonyl (C=O) groups excluding carboxylic acids is 1. The molecule has 3 rings (SSSR count). The van der Waals surface area contributed by atoms with Crippen LogP contribution in [0.15, 0.2) is 24.3 Å². The zero-order valence-electron chi connectivity index (χ0n) is 17.4. The largest absolute Gasteiger partial charge is 0.351 e. The molecule has 1 amide bonds. The smallest absolute Gasteiger partial charge is 0.237 e. The fraction of sp³-hybridized carbons (Fsp3) is 0.696. The lowest BCUT2D eigenvalue weighted by molar-refractivity contribution is -0.128. The first-order valence-corrected chi connectivity index (χ1v) is 10.9. The maximum absolute atomic E-state index is 12.9. The minimum Gasteiger partial charge on any atom is -0.351 e. The molecule has 2 heterocycles. The number of hydrogen-bond acceptors (Lipinski definition) is 3. The van der Waals surface area contributed by atoms with E-state index in [-0.39, 0.29) is 11.9 Å². The first kappa shape index (κ1) is 20.3. The number of nitrogens with one attached hydrogen (secondary N) is 1. The fourth-order valence-corrected chi connectivity index (χ4v) is 4.50. The molecule has 1 aromatic carbocycles. The predicted molar refractivity (Wildman–Crippen MR) is 111 cm³/mol. The van der Waals surface area contributed by atoms with E-state index in [9.17, 15) is 4.79 Å². The molecule has 2 aliphatic rings. The topological polar surface area (TPSA) is 35.6 Å². The van der Waals surface area contributed by atoms with Gasteiger partial charge in [-0.15, -0.1) is 0 Å². The maximum Gasteiger partial charge on any atom is 0.237 e. The third kappa shape index (κ3) is 5.55. The van der Waals surface area contributed by atoms with Crippen molar-refractivity contribution in [1.29, 1.82) is 0 Å². The Morgan fingerprint density at radius 3 is 2.48 bits per heavy atom. The highest BCUT2D eigenvalue weighted by Gasteiger charge is 2.30. The van der Waals surface area contributed by atoms with Crippen LogP contribution in [-0.2, 0) is 17.9 Å². The van der Waals surface area contributed by atoms with Gasteiger partial charge in [0, 0.05) is 19.1 Å². The minimum atomic E-state index is 0.0366. The van der Waals surface area contributed by atoms with Crippen molar-refractivity contribution in [3.8, 4) is 0 Å².